The van der Waals surface area contributed by atoms with Crippen LogP contribution in [0.2, 0.25) is 0 Å². The Morgan fingerprint density at radius 3 is 2.52 bits per heavy atom. The quantitative estimate of drug-likeness (QED) is 0.787. The van der Waals surface area contributed by atoms with Gasteiger partial charge >= 0.3 is 6.09 Å². The Morgan fingerprint density at radius 2 is 1.92 bits per heavy atom. The summed E-state index contributed by atoms with van der Waals surface area (Å²) in [4.78, 5) is 29.1. The van der Waals surface area contributed by atoms with Crippen molar-refractivity contribution in [2.45, 2.75) is 50.6 Å². The van der Waals surface area contributed by atoms with Gasteiger partial charge in [-0.25, -0.2) is 4.79 Å². The molecule has 2 amide bonds. The highest BCUT2D eigenvalue weighted by molar-refractivity contribution is 5.96. The van der Waals surface area contributed by atoms with E-state index in [9.17, 15) is 9.59 Å². The van der Waals surface area contributed by atoms with Gasteiger partial charge in [0.2, 0.25) is 0 Å². The molecule has 1 aromatic rings. The van der Waals surface area contributed by atoms with Gasteiger partial charge in [0.1, 0.15) is 12.8 Å². The summed E-state index contributed by atoms with van der Waals surface area (Å²) in [7, 11) is 1.58. The molecule has 6 heteroatoms. The molecule has 0 radical (unpaired) electrons. The normalized spacial score (nSPS) is 30.0. The second-order valence-corrected chi connectivity index (χ2v) is 7.80. The monoisotopic (exact) mass is 344 g/mol. The number of rotatable bonds is 4. The van der Waals surface area contributed by atoms with Crippen LogP contribution in [0.3, 0.4) is 0 Å². The summed E-state index contributed by atoms with van der Waals surface area (Å²) in [5.74, 6) is 0.204. The van der Waals surface area contributed by atoms with Crippen LogP contribution in [0, 0.1) is 5.92 Å². The van der Waals surface area contributed by atoms with E-state index in [0.717, 1.165) is 18.4 Å². The molecule has 0 unspecified atom stereocenters. The molecule has 3 fully saturated rings. The number of nitrogens with zero attached hydrogens (tertiary/aromatic N) is 2. The van der Waals surface area contributed by atoms with Crippen molar-refractivity contribution in [3.63, 3.8) is 0 Å². The molecule has 1 aromatic carbocycles. The van der Waals surface area contributed by atoms with Crippen molar-refractivity contribution in [3.8, 4) is 0 Å². The Kier molecular flexibility index (Phi) is 3.58. The number of ether oxygens (including phenoxy) is 2. The first-order valence-electron chi connectivity index (χ1n) is 8.78. The van der Waals surface area contributed by atoms with Crippen molar-refractivity contribution in [3.05, 3.63) is 35.9 Å². The van der Waals surface area contributed by atoms with Crippen LogP contribution in [0.15, 0.2) is 30.3 Å². The maximum atomic E-state index is 12.9. The summed E-state index contributed by atoms with van der Waals surface area (Å²) in [5.41, 5.74) is -0.361. The minimum absolute atomic E-state index is 0.00543. The lowest BCUT2D eigenvalue weighted by Crippen LogP contribution is -2.79. The Bertz CT molecular complexity index is 701. The summed E-state index contributed by atoms with van der Waals surface area (Å²) in [6.07, 6.45) is 1.18. The number of fused-ring (bicyclic) bond motifs is 1. The molecule has 4 rings (SSSR count). The van der Waals surface area contributed by atoms with E-state index in [1.54, 1.807) is 16.9 Å². The largest absolute Gasteiger partial charge is 0.444 e. The van der Waals surface area contributed by atoms with Crippen molar-refractivity contribution >= 4 is 12.0 Å². The zero-order valence-corrected chi connectivity index (χ0v) is 14.9. The van der Waals surface area contributed by atoms with Crippen molar-refractivity contribution in [2.24, 2.45) is 5.92 Å². The van der Waals surface area contributed by atoms with Crippen molar-refractivity contribution in [1.29, 1.82) is 0 Å². The van der Waals surface area contributed by atoms with Gasteiger partial charge in [-0.15, -0.1) is 0 Å². The van der Waals surface area contributed by atoms with Crippen LogP contribution in [-0.4, -0.2) is 52.8 Å². The maximum Gasteiger partial charge on any atom is 0.411 e. The van der Waals surface area contributed by atoms with Gasteiger partial charge in [0.05, 0.1) is 5.54 Å². The molecule has 0 bridgehead atoms. The van der Waals surface area contributed by atoms with E-state index in [-0.39, 0.29) is 30.7 Å². The molecule has 3 aliphatic rings. The number of carbonyl (C=O) groups excluding carboxylic acids is 2. The number of methoxy groups -OCH3 is 1. The minimum Gasteiger partial charge on any atom is -0.444 e. The number of hydrogen-bond donors (Lipinski definition) is 0. The molecule has 1 saturated carbocycles. The summed E-state index contributed by atoms with van der Waals surface area (Å²) < 4.78 is 11.2. The molecule has 134 valence electrons. The second kappa shape index (κ2) is 5.46. The SMILES string of the molecule is CO[C@@]1(C2CC2)C(=O)N2[C@@H]1N(C(=O)OCc1ccccc1)CC2(C)C. The van der Waals surface area contributed by atoms with Gasteiger partial charge in [-0.3, -0.25) is 9.69 Å². The average molecular weight is 344 g/mol. The van der Waals surface area contributed by atoms with Crippen molar-refractivity contribution in [1.82, 2.24) is 9.80 Å². The molecule has 6 nitrogen and oxygen atoms in total. The molecular weight excluding hydrogens is 320 g/mol. The van der Waals surface area contributed by atoms with Crippen LogP contribution >= 0.6 is 0 Å². The van der Waals surface area contributed by atoms with Crippen LogP contribution in [0.25, 0.3) is 0 Å². The smallest absolute Gasteiger partial charge is 0.411 e. The molecule has 25 heavy (non-hydrogen) atoms. The van der Waals surface area contributed by atoms with E-state index in [1.807, 2.05) is 44.2 Å². The number of hydrogen-bond acceptors (Lipinski definition) is 4. The molecule has 2 aliphatic heterocycles. The molecule has 2 heterocycles. The predicted molar refractivity (Wildman–Crippen MR) is 90.5 cm³/mol. The van der Waals surface area contributed by atoms with Gasteiger partial charge in [0, 0.05) is 19.6 Å². The Balaban J connectivity index is 1.54. The highest BCUT2D eigenvalue weighted by atomic mass is 16.6. The van der Waals surface area contributed by atoms with Gasteiger partial charge in [-0.05, 0) is 32.3 Å². The molecule has 0 aromatic heterocycles. The summed E-state index contributed by atoms with van der Waals surface area (Å²) in [6, 6.07) is 9.60. The predicted octanol–water partition coefficient (Wildman–Crippen LogP) is 2.38. The van der Waals surface area contributed by atoms with E-state index in [4.69, 9.17) is 9.47 Å². The Labute approximate surface area is 147 Å². The van der Waals surface area contributed by atoms with Gasteiger partial charge < -0.3 is 14.4 Å². The molecule has 0 N–H and O–H groups in total. The van der Waals surface area contributed by atoms with Gasteiger partial charge in [0.15, 0.2) is 5.60 Å². The van der Waals surface area contributed by atoms with Crippen molar-refractivity contribution in [2.75, 3.05) is 13.7 Å². The first-order chi connectivity index (χ1) is 11.9. The third kappa shape index (κ3) is 2.27. The minimum atomic E-state index is -0.889. The van der Waals surface area contributed by atoms with Gasteiger partial charge in [0.25, 0.3) is 5.91 Å². The third-order valence-electron chi connectivity index (χ3n) is 5.65. The number of benzene rings is 1. The fourth-order valence-corrected chi connectivity index (χ4v) is 4.32. The summed E-state index contributed by atoms with van der Waals surface area (Å²) in [5, 5.41) is 0. The van der Waals surface area contributed by atoms with Crippen molar-refractivity contribution < 1.29 is 19.1 Å². The number of β-lactam (4-membered cyclic amide) rings is 1. The Hall–Kier alpha value is -2.08. The van der Waals surface area contributed by atoms with E-state index in [0.29, 0.717) is 6.54 Å². The Morgan fingerprint density at radius 1 is 1.24 bits per heavy atom. The molecule has 2 saturated heterocycles. The summed E-state index contributed by atoms with van der Waals surface area (Å²) >= 11 is 0. The molecule has 1 aliphatic carbocycles. The highest BCUT2D eigenvalue weighted by Crippen LogP contribution is 2.56. The molecule has 0 spiro atoms. The number of amides is 2. The number of carbonyl (C=O) groups is 2. The lowest BCUT2D eigenvalue weighted by Gasteiger charge is -2.56. The van der Waals surface area contributed by atoms with E-state index in [2.05, 4.69) is 0 Å². The van der Waals surface area contributed by atoms with Crippen LogP contribution in [-0.2, 0) is 20.9 Å². The molecule has 2 atom stereocenters. The highest BCUT2D eigenvalue weighted by Gasteiger charge is 2.76. The van der Waals surface area contributed by atoms with E-state index < -0.39 is 11.1 Å². The fraction of sp³-hybridized carbons (Fsp3) is 0.579. The lowest BCUT2D eigenvalue weighted by atomic mass is 9.81. The standard InChI is InChI=1S/C19H24N2O4/c1-18(2)12-20(17(23)25-11-13-7-5-4-6-8-13)15-19(24-3,14-9-10-14)16(22)21(15)18/h4-8,14-15H,9-12H2,1-3H3/t15-,19+/m0/s1. The fourth-order valence-electron chi connectivity index (χ4n) is 4.32. The van der Waals surface area contributed by atoms with Gasteiger partial charge in [-0.1, -0.05) is 30.3 Å². The van der Waals surface area contributed by atoms with Gasteiger partial charge in [-0.2, -0.15) is 0 Å². The molecular formula is C19H24N2O4. The maximum absolute atomic E-state index is 12.9. The van der Waals surface area contributed by atoms with Crippen LogP contribution in [0.5, 0.6) is 0 Å². The first kappa shape index (κ1) is 16.4. The topological polar surface area (TPSA) is 59.1 Å². The van der Waals surface area contributed by atoms with E-state index in [1.165, 1.54) is 0 Å². The second-order valence-electron chi connectivity index (χ2n) is 7.80. The lowest BCUT2D eigenvalue weighted by molar-refractivity contribution is -0.218. The van der Waals surface area contributed by atoms with E-state index >= 15 is 0 Å². The zero-order chi connectivity index (χ0) is 17.8. The third-order valence-corrected chi connectivity index (χ3v) is 5.65. The first-order valence-corrected chi connectivity index (χ1v) is 8.78. The zero-order valence-electron chi connectivity index (χ0n) is 14.9. The van der Waals surface area contributed by atoms with Crippen LogP contribution in [0.4, 0.5) is 4.79 Å². The van der Waals surface area contributed by atoms with Crippen LogP contribution in [0.1, 0.15) is 32.3 Å². The summed E-state index contributed by atoms with van der Waals surface area (Å²) in [6.45, 7) is 4.64. The van der Waals surface area contributed by atoms with Crippen LogP contribution < -0.4 is 0 Å². The average Bonchev–Trinajstić information content (AvgIpc) is 3.38.